The molecule has 1 fully saturated rings. The number of aliphatic carboxylic acids is 1. The van der Waals surface area contributed by atoms with Crippen LogP contribution in [0.3, 0.4) is 0 Å². The van der Waals surface area contributed by atoms with E-state index >= 15 is 0 Å². The number of carboxylic acid groups (broad SMARTS) is 1. The fraction of sp³-hybridized carbons (Fsp3) is 0.333. The van der Waals surface area contributed by atoms with E-state index in [2.05, 4.69) is 10.2 Å². The standard InChI is InChI=1S/C21H25N3O3/c25-20(26)13-16-23-14-11-19(12-15-23)24(18-9-5-2-6-10-18)21(27)22-17-7-3-1-4-8-17/h1-10,19H,11-16H2,(H,22,27)(H,25,26). The second-order valence-corrected chi connectivity index (χ2v) is 6.72. The summed E-state index contributed by atoms with van der Waals surface area (Å²) >= 11 is 0. The summed E-state index contributed by atoms with van der Waals surface area (Å²) in [6, 6.07) is 19.1. The molecule has 6 heteroatoms. The molecule has 0 spiro atoms. The number of rotatable bonds is 6. The van der Waals surface area contributed by atoms with Crippen molar-refractivity contribution in [1.29, 1.82) is 0 Å². The number of nitrogens with zero attached hydrogens (tertiary/aromatic N) is 2. The zero-order chi connectivity index (χ0) is 19.1. The molecule has 1 heterocycles. The molecule has 0 saturated carbocycles. The van der Waals surface area contributed by atoms with Crippen molar-refractivity contribution >= 4 is 23.4 Å². The summed E-state index contributed by atoms with van der Waals surface area (Å²) in [5.41, 5.74) is 1.64. The van der Waals surface area contributed by atoms with E-state index in [0.717, 1.165) is 37.3 Å². The van der Waals surface area contributed by atoms with Gasteiger partial charge in [0.2, 0.25) is 0 Å². The maximum absolute atomic E-state index is 13.0. The molecule has 3 rings (SSSR count). The predicted octanol–water partition coefficient (Wildman–Crippen LogP) is 3.66. The maximum atomic E-state index is 13.0. The molecule has 0 atom stereocenters. The maximum Gasteiger partial charge on any atom is 0.326 e. The fourth-order valence-corrected chi connectivity index (χ4v) is 3.44. The molecule has 1 aliphatic rings. The summed E-state index contributed by atoms with van der Waals surface area (Å²) in [7, 11) is 0. The smallest absolute Gasteiger partial charge is 0.326 e. The van der Waals surface area contributed by atoms with Crippen LogP contribution in [0.1, 0.15) is 19.3 Å². The number of urea groups is 1. The van der Waals surface area contributed by atoms with Crippen LogP contribution in [0, 0.1) is 0 Å². The Labute approximate surface area is 159 Å². The first-order chi connectivity index (χ1) is 13.1. The van der Waals surface area contributed by atoms with Gasteiger partial charge in [-0.1, -0.05) is 36.4 Å². The van der Waals surface area contributed by atoms with Gasteiger partial charge in [-0.3, -0.25) is 9.69 Å². The van der Waals surface area contributed by atoms with Gasteiger partial charge >= 0.3 is 12.0 Å². The van der Waals surface area contributed by atoms with Gasteiger partial charge in [0.25, 0.3) is 0 Å². The van der Waals surface area contributed by atoms with Crippen LogP contribution in [-0.2, 0) is 4.79 Å². The Morgan fingerprint density at radius 1 is 1.00 bits per heavy atom. The van der Waals surface area contributed by atoms with Gasteiger partial charge in [-0.25, -0.2) is 4.79 Å². The van der Waals surface area contributed by atoms with Crippen molar-refractivity contribution < 1.29 is 14.7 Å². The average Bonchev–Trinajstić information content (AvgIpc) is 2.69. The summed E-state index contributed by atoms with van der Waals surface area (Å²) in [5, 5.41) is 11.8. The molecule has 2 aromatic carbocycles. The molecule has 1 aliphatic heterocycles. The van der Waals surface area contributed by atoms with E-state index in [1.54, 1.807) is 0 Å². The minimum Gasteiger partial charge on any atom is -0.481 e. The molecule has 27 heavy (non-hydrogen) atoms. The van der Waals surface area contributed by atoms with Crippen LogP contribution in [0.5, 0.6) is 0 Å². The first-order valence-electron chi connectivity index (χ1n) is 9.28. The molecule has 142 valence electrons. The highest BCUT2D eigenvalue weighted by atomic mass is 16.4. The monoisotopic (exact) mass is 367 g/mol. The van der Waals surface area contributed by atoms with Crippen LogP contribution in [0.4, 0.5) is 16.2 Å². The van der Waals surface area contributed by atoms with E-state index in [9.17, 15) is 9.59 Å². The highest BCUT2D eigenvalue weighted by Gasteiger charge is 2.29. The Balaban J connectivity index is 1.70. The lowest BCUT2D eigenvalue weighted by Crippen LogP contribution is -2.49. The van der Waals surface area contributed by atoms with Crippen LogP contribution in [0.25, 0.3) is 0 Å². The average molecular weight is 367 g/mol. The Hall–Kier alpha value is -2.86. The molecule has 0 aliphatic carbocycles. The van der Waals surface area contributed by atoms with Crippen molar-refractivity contribution in [2.45, 2.75) is 25.3 Å². The molecule has 0 aromatic heterocycles. The number of hydrogen-bond acceptors (Lipinski definition) is 3. The number of piperidine rings is 1. The highest BCUT2D eigenvalue weighted by Crippen LogP contribution is 2.25. The number of nitrogens with one attached hydrogen (secondary N) is 1. The molecule has 2 N–H and O–H groups in total. The zero-order valence-corrected chi connectivity index (χ0v) is 15.3. The zero-order valence-electron chi connectivity index (χ0n) is 15.3. The number of likely N-dealkylation sites (tertiary alicyclic amines) is 1. The van der Waals surface area contributed by atoms with Crippen LogP contribution in [-0.4, -0.2) is 47.7 Å². The van der Waals surface area contributed by atoms with Gasteiger partial charge < -0.3 is 15.3 Å². The quantitative estimate of drug-likeness (QED) is 0.817. The predicted molar refractivity (Wildman–Crippen MR) is 106 cm³/mol. The van der Waals surface area contributed by atoms with Crippen molar-refractivity contribution in [3.63, 3.8) is 0 Å². The summed E-state index contributed by atoms with van der Waals surface area (Å²) in [4.78, 5) is 27.8. The molecule has 2 aromatic rings. The van der Waals surface area contributed by atoms with Crippen LogP contribution >= 0.6 is 0 Å². The molecular formula is C21H25N3O3. The van der Waals surface area contributed by atoms with E-state index in [1.165, 1.54) is 0 Å². The van der Waals surface area contributed by atoms with Crippen LogP contribution in [0.2, 0.25) is 0 Å². The van der Waals surface area contributed by atoms with Gasteiger partial charge in [0, 0.05) is 37.1 Å². The van der Waals surface area contributed by atoms with Crippen molar-refractivity contribution in [2.75, 3.05) is 29.9 Å². The largest absolute Gasteiger partial charge is 0.481 e. The van der Waals surface area contributed by atoms with Gasteiger partial charge in [0.1, 0.15) is 0 Å². The number of carbonyl (C=O) groups is 2. The lowest BCUT2D eigenvalue weighted by Gasteiger charge is -2.38. The van der Waals surface area contributed by atoms with Crippen molar-refractivity contribution in [2.24, 2.45) is 0 Å². The third-order valence-electron chi connectivity index (χ3n) is 4.84. The van der Waals surface area contributed by atoms with E-state index in [-0.39, 0.29) is 18.5 Å². The third-order valence-corrected chi connectivity index (χ3v) is 4.84. The summed E-state index contributed by atoms with van der Waals surface area (Å²) < 4.78 is 0. The van der Waals surface area contributed by atoms with E-state index in [0.29, 0.717) is 6.54 Å². The second kappa shape index (κ2) is 9.19. The Morgan fingerprint density at radius 2 is 1.59 bits per heavy atom. The van der Waals surface area contributed by atoms with Crippen LogP contribution < -0.4 is 10.2 Å². The molecule has 6 nitrogen and oxygen atoms in total. The first kappa shape index (κ1) is 18.9. The Morgan fingerprint density at radius 3 is 2.19 bits per heavy atom. The number of carbonyl (C=O) groups excluding carboxylic acids is 1. The SMILES string of the molecule is O=C(O)CCN1CCC(N(C(=O)Nc2ccccc2)c2ccccc2)CC1. The fourth-order valence-electron chi connectivity index (χ4n) is 3.44. The summed E-state index contributed by atoms with van der Waals surface area (Å²) in [6.45, 7) is 2.14. The van der Waals surface area contributed by atoms with Gasteiger partial charge in [0.15, 0.2) is 0 Å². The number of anilines is 2. The number of para-hydroxylation sites is 2. The van der Waals surface area contributed by atoms with Crippen molar-refractivity contribution in [3.8, 4) is 0 Å². The van der Waals surface area contributed by atoms with E-state index in [4.69, 9.17) is 5.11 Å². The van der Waals surface area contributed by atoms with Gasteiger partial charge in [-0.2, -0.15) is 0 Å². The Bertz CT molecular complexity index is 744. The normalized spacial score (nSPS) is 15.3. The van der Waals surface area contributed by atoms with E-state index < -0.39 is 5.97 Å². The van der Waals surface area contributed by atoms with Crippen molar-refractivity contribution in [1.82, 2.24) is 4.90 Å². The van der Waals surface area contributed by atoms with Gasteiger partial charge in [0.05, 0.1) is 6.42 Å². The van der Waals surface area contributed by atoms with Gasteiger partial charge in [-0.05, 0) is 37.1 Å². The molecule has 1 saturated heterocycles. The number of carboxylic acids is 1. The molecule has 2 amide bonds. The Kier molecular flexibility index (Phi) is 6.44. The molecular weight excluding hydrogens is 342 g/mol. The first-order valence-corrected chi connectivity index (χ1v) is 9.28. The van der Waals surface area contributed by atoms with Gasteiger partial charge in [-0.15, -0.1) is 0 Å². The molecule has 0 bridgehead atoms. The van der Waals surface area contributed by atoms with E-state index in [1.807, 2.05) is 65.6 Å². The second-order valence-electron chi connectivity index (χ2n) is 6.72. The summed E-state index contributed by atoms with van der Waals surface area (Å²) in [5.74, 6) is -0.773. The number of benzene rings is 2. The molecule has 0 unspecified atom stereocenters. The molecule has 0 radical (unpaired) electrons. The minimum absolute atomic E-state index is 0.0807. The minimum atomic E-state index is -0.773. The highest BCUT2D eigenvalue weighted by molar-refractivity contribution is 6.02. The summed E-state index contributed by atoms with van der Waals surface area (Å²) in [6.07, 6.45) is 1.79. The van der Waals surface area contributed by atoms with Crippen molar-refractivity contribution in [3.05, 3.63) is 60.7 Å². The number of amides is 2. The lowest BCUT2D eigenvalue weighted by molar-refractivity contribution is -0.137. The topological polar surface area (TPSA) is 72.9 Å². The van der Waals surface area contributed by atoms with Crippen LogP contribution in [0.15, 0.2) is 60.7 Å². The lowest BCUT2D eigenvalue weighted by atomic mass is 10.0. The number of hydrogen-bond donors (Lipinski definition) is 2. The third kappa shape index (κ3) is 5.31.